The number of alkyl halides is 3. The van der Waals surface area contributed by atoms with E-state index in [-0.39, 0.29) is 5.13 Å². The number of halogens is 4. The third kappa shape index (κ3) is 3.11. The van der Waals surface area contributed by atoms with Crippen molar-refractivity contribution in [3.8, 4) is 22.1 Å². The van der Waals surface area contributed by atoms with E-state index in [1.165, 1.54) is 0 Å². The van der Waals surface area contributed by atoms with E-state index in [0.717, 1.165) is 38.3 Å². The van der Waals surface area contributed by atoms with Crippen molar-refractivity contribution in [2.45, 2.75) is 6.18 Å². The fourth-order valence-corrected chi connectivity index (χ4v) is 3.33. The van der Waals surface area contributed by atoms with Crippen LogP contribution in [0.4, 0.5) is 13.2 Å². The van der Waals surface area contributed by atoms with Crippen molar-refractivity contribution in [2.24, 2.45) is 0 Å². The summed E-state index contributed by atoms with van der Waals surface area (Å²) >= 11 is 4.46. The zero-order valence-corrected chi connectivity index (χ0v) is 14.0. The summed E-state index contributed by atoms with van der Waals surface area (Å²) in [5.41, 5.74) is 0.479. The van der Waals surface area contributed by atoms with Crippen molar-refractivity contribution in [2.75, 3.05) is 7.11 Å². The molecular formula is C14H9BrF3N3OS. The number of thiazole rings is 1. The molecule has 0 saturated heterocycles. The van der Waals surface area contributed by atoms with Crippen molar-refractivity contribution >= 4 is 27.3 Å². The molecule has 0 aliphatic rings. The summed E-state index contributed by atoms with van der Waals surface area (Å²) in [5, 5.41) is 5.56. The summed E-state index contributed by atoms with van der Waals surface area (Å²) in [7, 11) is 1.55. The van der Waals surface area contributed by atoms with Gasteiger partial charge < -0.3 is 4.74 Å². The minimum atomic E-state index is -4.48. The Morgan fingerprint density at radius 2 is 2.04 bits per heavy atom. The van der Waals surface area contributed by atoms with Crippen LogP contribution < -0.4 is 4.74 Å². The van der Waals surface area contributed by atoms with E-state index in [1.54, 1.807) is 30.7 Å². The molecule has 1 aromatic carbocycles. The molecule has 9 heteroatoms. The summed E-state index contributed by atoms with van der Waals surface area (Å²) in [6, 6.07) is 6.26. The smallest absolute Gasteiger partial charge is 0.433 e. The number of aromatic nitrogens is 3. The lowest BCUT2D eigenvalue weighted by Gasteiger charge is -2.07. The molecular weight excluding hydrogens is 395 g/mol. The first-order valence-electron chi connectivity index (χ1n) is 6.31. The second-order valence-corrected chi connectivity index (χ2v) is 6.18. The molecule has 0 aliphatic carbocycles. The highest BCUT2D eigenvalue weighted by Crippen LogP contribution is 2.34. The first-order chi connectivity index (χ1) is 10.9. The van der Waals surface area contributed by atoms with Gasteiger partial charge in [0.05, 0.1) is 23.5 Å². The van der Waals surface area contributed by atoms with E-state index >= 15 is 0 Å². The van der Waals surface area contributed by atoms with Gasteiger partial charge in [-0.15, -0.1) is 11.3 Å². The molecule has 4 nitrogen and oxygen atoms in total. The Balaban J connectivity index is 1.99. The second-order valence-electron chi connectivity index (χ2n) is 4.49. The Bertz CT molecular complexity index is 844. The maximum atomic E-state index is 12.9. The van der Waals surface area contributed by atoms with Crippen molar-refractivity contribution < 1.29 is 17.9 Å². The number of hydrogen-bond acceptors (Lipinski definition) is 4. The van der Waals surface area contributed by atoms with Crippen LogP contribution in [0.1, 0.15) is 5.69 Å². The monoisotopic (exact) mass is 403 g/mol. The van der Waals surface area contributed by atoms with E-state index in [4.69, 9.17) is 4.74 Å². The van der Waals surface area contributed by atoms with Gasteiger partial charge in [0.25, 0.3) is 0 Å². The molecule has 0 unspecified atom stereocenters. The van der Waals surface area contributed by atoms with Crippen molar-refractivity contribution in [1.82, 2.24) is 14.8 Å². The summed E-state index contributed by atoms with van der Waals surface area (Å²) in [6.45, 7) is 0. The molecule has 0 aliphatic heterocycles. The minimum absolute atomic E-state index is 0.157. The SMILES string of the molecule is COc1ccc(-c2csc(-n3nccc3C(F)(F)F)n2)cc1Br. The lowest BCUT2D eigenvalue weighted by molar-refractivity contribution is -0.142. The highest BCUT2D eigenvalue weighted by Gasteiger charge is 2.35. The summed E-state index contributed by atoms with van der Waals surface area (Å²) < 4.78 is 45.5. The van der Waals surface area contributed by atoms with Gasteiger partial charge in [-0.25, -0.2) is 9.67 Å². The fourth-order valence-electron chi connectivity index (χ4n) is 1.99. The highest BCUT2D eigenvalue weighted by molar-refractivity contribution is 9.10. The van der Waals surface area contributed by atoms with Gasteiger partial charge in [-0.2, -0.15) is 18.3 Å². The molecule has 2 heterocycles. The first-order valence-corrected chi connectivity index (χ1v) is 7.98. The normalized spacial score (nSPS) is 11.7. The maximum absolute atomic E-state index is 12.9. The van der Waals surface area contributed by atoms with Crippen LogP contribution >= 0.6 is 27.3 Å². The van der Waals surface area contributed by atoms with E-state index < -0.39 is 11.9 Å². The molecule has 0 N–H and O–H groups in total. The van der Waals surface area contributed by atoms with Crippen LogP contribution in [0.5, 0.6) is 5.75 Å². The Hall–Kier alpha value is -1.87. The summed E-state index contributed by atoms with van der Waals surface area (Å²) in [4.78, 5) is 4.25. The number of ether oxygens (including phenoxy) is 1. The molecule has 3 rings (SSSR count). The summed E-state index contributed by atoms with van der Waals surface area (Å²) in [6.07, 6.45) is -3.38. The molecule has 3 aromatic rings. The molecule has 23 heavy (non-hydrogen) atoms. The number of methoxy groups -OCH3 is 1. The molecule has 0 saturated carbocycles. The standard InChI is InChI=1S/C14H9BrF3N3OS/c1-22-11-3-2-8(6-9(11)15)10-7-23-13(20-10)21-12(4-5-19-21)14(16,17)18/h2-7H,1H3. The largest absolute Gasteiger partial charge is 0.496 e. The molecule has 120 valence electrons. The van der Waals surface area contributed by atoms with Gasteiger partial charge in [-0.3, -0.25) is 0 Å². The lowest BCUT2D eigenvalue weighted by Crippen LogP contribution is -2.13. The maximum Gasteiger partial charge on any atom is 0.433 e. The Morgan fingerprint density at radius 1 is 1.26 bits per heavy atom. The molecule has 0 spiro atoms. The quantitative estimate of drug-likeness (QED) is 0.631. The first kappa shape index (κ1) is 16.0. The molecule has 0 radical (unpaired) electrons. The lowest BCUT2D eigenvalue weighted by atomic mass is 10.2. The van der Waals surface area contributed by atoms with Gasteiger partial charge >= 0.3 is 6.18 Å². The van der Waals surface area contributed by atoms with Crippen molar-refractivity contribution in [1.29, 1.82) is 0 Å². The molecule has 0 atom stereocenters. The van der Waals surface area contributed by atoms with Crippen LogP contribution in [0.2, 0.25) is 0 Å². The van der Waals surface area contributed by atoms with Gasteiger partial charge in [-0.05, 0) is 40.2 Å². The number of benzene rings is 1. The van der Waals surface area contributed by atoms with E-state index in [1.807, 2.05) is 0 Å². The van der Waals surface area contributed by atoms with Gasteiger partial charge in [0.15, 0.2) is 5.69 Å². The number of nitrogens with zero attached hydrogens (tertiary/aromatic N) is 3. The van der Waals surface area contributed by atoms with Crippen LogP contribution in [0, 0.1) is 0 Å². The highest BCUT2D eigenvalue weighted by atomic mass is 79.9. The Morgan fingerprint density at radius 3 is 2.70 bits per heavy atom. The average Bonchev–Trinajstić information content (AvgIpc) is 3.15. The van der Waals surface area contributed by atoms with Gasteiger partial charge in [0.2, 0.25) is 5.13 Å². The molecule has 0 fully saturated rings. The van der Waals surface area contributed by atoms with E-state index in [2.05, 4.69) is 26.0 Å². The van der Waals surface area contributed by atoms with Crippen LogP contribution in [0.3, 0.4) is 0 Å². The van der Waals surface area contributed by atoms with Gasteiger partial charge in [0.1, 0.15) is 5.75 Å². The number of hydrogen-bond donors (Lipinski definition) is 0. The molecule has 2 aromatic heterocycles. The van der Waals surface area contributed by atoms with Gasteiger partial charge in [-0.1, -0.05) is 0 Å². The van der Waals surface area contributed by atoms with Crippen molar-refractivity contribution in [3.63, 3.8) is 0 Å². The summed E-state index contributed by atoms with van der Waals surface area (Å²) in [5.74, 6) is 0.663. The predicted octanol–water partition coefficient (Wildman–Crippen LogP) is 4.79. The Labute approximate surface area is 141 Å². The second kappa shape index (κ2) is 5.97. The minimum Gasteiger partial charge on any atom is -0.496 e. The average molecular weight is 404 g/mol. The van der Waals surface area contributed by atoms with Crippen LogP contribution in [0.25, 0.3) is 16.4 Å². The zero-order chi connectivity index (χ0) is 16.6. The van der Waals surface area contributed by atoms with E-state index in [0.29, 0.717) is 11.4 Å². The third-order valence-electron chi connectivity index (χ3n) is 3.05. The van der Waals surface area contributed by atoms with E-state index in [9.17, 15) is 13.2 Å². The predicted molar refractivity (Wildman–Crippen MR) is 83.9 cm³/mol. The van der Waals surface area contributed by atoms with Crippen LogP contribution in [-0.4, -0.2) is 21.9 Å². The Kier molecular flexibility index (Phi) is 4.15. The fraction of sp³-hybridized carbons (Fsp3) is 0.143. The molecule has 0 amide bonds. The van der Waals surface area contributed by atoms with Gasteiger partial charge in [0, 0.05) is 10.9 Å². The molecule has 0 bridgehead atoms. The number of rotatable bonds is 3. The van der Waals surface area contributed by atoms with Crippen molar-refractivity contribution in [3.05, 3.63) is 46.0 Å². The third-order valence-corrected chi connectivity index (χ3v) is 4.49. The zero-order valence-electron chi connectivity index (χ0n) is 11.6. The van der Waals surface area contributed by atoms with Crippen LogP contribution in [-0.2, 0) is 6.18 Å². The topological polar surface area (TPSA) is 39.9 Å². The van der Waals surface area contributed by atoms with Crippen LogP contribution in [0.15, 0.2) is 40.3 Å².